The summed E-state index contributed by atoms with van der Waals surface area (Å²) in [5.74, 6) is 0. The highest BCUT2D eigenvalue weighted by molar-refractivity contribution is 5.22. The minimum absolute atomic E-state index is 0.100. The summed E-state index contributed by atoms with van der Waals surface area (Å²) in [7, 11) is 0. The highest BCUT2D eigenvalue weighted by Gasteiger charge is 2.74. The number of nitrogens with one attached hydrogen (secondary N) is 1. The molecule has 3 aliphatic rings. The fourth-order valence-corrected chi connectivity index (χ4v) is 4.04. The quantitative estimate of drug-likeness (QED) is 0.599. The van der Waals surface area contributed by atoms with Crippen molar-refractivity contribution in [1.29, 1.82) is 0 Å². The van der Waals surface area contributed by atoms with E-state index in [1.807, 2.05) is 0 Å². The van der Waals surface area contributed by atoms with Gasteiger partial charge in [0.05, 0.1) is 12.7 Å². The summed E-state index contributed by atoms with van der Waals surface area (Å²) in [5.41, 5.74) is -3.25. The first-order valence-corrected chi connectivity index (χ1v) is 7.41. The van der Waals surface area contributed by atoms with E-state index < -0.39 is 40.9 Å². The van der Waals surface area contributed by atoms with Gasteiger partial charge in [-0.15, -0.1) is 0 Å². The molecule has 0 spiro atoms. The van der Waals surface area contributed by atoms with Crippen molar-refractivity contribution in [2.45, 2.75) is 55.8 Å². The van der Waals surface area contributed by atoms with Crippen molar-refractivity contribution >= 4 is 0 Å². The van der Waals surface area contributed by atoms with Gasteiger partial charge in [0.25, 0.3) is 5.56 Å². The lowest BCUT2D eigenvalue weighted by molar-refractivity contribution is -0.227. The van der Waals surface area contributed by atoms with Crippen molar-refractivity contribution in [2.24, 2.45) is 0 Å². The average Bonchev–Trinajstić information content (AvgIpc) is 2.91. The number of aryl methyl sites for hydroxylation is 1. The first-order chi connectivity index (χ1) is 10.4. The number of hydrogen-bond acceptors (Lipinski definition) is 6. The van der Waals surface area contributed by atoms with Crippen LogP contribution in [0.25, 0.3) is 0 Å². The SMILES string of the molecule is Cc1cn([C@@H]2O[C@]34CO[C@H]2[C@]3(O)CCC[C@@H]4O)c(=O)[nH]c1=O. The molecule has 1 saturated carbocycles. The Bertz CT molecular complexity index is 742. The second kappa shape index (κ2) is 4.29. The Morgan fingerprint density at radius 1 is 1.45 bits per heavy atom. The molecule has 4 rings (SSSR count). The standard InChI is InChI=1S/C14H18N2O6/c1-7-5-16(12(19)15-10(7)18)11-9-13(20)4-2-3-8(17)14(13,22-11)6-21-9/h5,8-9,11,17,20H,2-4,6H2,1H3,(H,15,18,19)/t8-,9+,11+,13+,14-/m0/s1. The summed E-state index contributed by atoms with van der Waals surface area (Å²) >= 11 is 0. The highest BCUT2D eigenvalue weighted by atomic mass is 16.7. The van der Waals surface area contributed by atoms with Crippen LogP contribution < -0.4 is 11.2 Å². The van der Waals surface area contributed by atoms with Crippen LogP contribution in [-0.4, -0.2) is 49.8 Å². The second-order valence-electron chi connectivity index (χ2n) is 6.44. The molecule has 0 amide bonds. The molecule has 22 heavy (non-hydrogen) atoms. The zero-order valence-corrected chi connectivity index (χ0v) is 12.1. The van der Waals surface area contributed by atoms with Gasteiger partial charge in [-0.3, -0.25) is 14.3 Å². The van der Waals surface area contributed by atoms with Crippen molar-refractivity contribution in [3.05, 3.63) is 32.6 Å². The smallest absolute Gasteiger partial charge is 0.330 e. The molecule has 1 aromatic rings. The normalized spacial score (nSPS) is 43.3. The van der Waals surface area contributed by atoms with E-state index in [1.54, 1.807) is 6.92 Å². The third-order valence-corrected chi connectivity index (χ3v) is 5.26. The third-order valence-electron chi connectivity index (χ3n) is 5.26. The molecule has 3 fully saturated rings. The molecule has 8 nitrogen and oxygen atoms in total. The molecule has 1 aliphatic carbocycles. The van der Waals surface area contributed by atoms with Crippen LogP contribution in [0.4, 0.5) is 0 Å². The molecule has 5 atom stereocenters. The van der Waals surface area contributed by atoms with Gasteiger partial charge in [-0.2, -0.15) is 0 Å². The fraction of sp³-hybridized carbons (Fsp3) is 0.714. The zero-order chi connectivity index (χ0) is 15.7. The number of ether oxygens (including phenoxy) is 2. The van der Waals surface area contributed by atoms with Gasteiger partial charge >= 0.3 is 5.69 Å². The van der Waals surface area contributed by atoms with Crippen LogP contribution >= 0.6 is 0 Å². The van der Waals surface area contributed by atoms with Crippen LogP contribution in [0.1, 0.15) is 31.1 Å². The minimum atomic E-state index is -1.32. The molecule has 0 aromatic carbocycles. The molecular formula is C14H18N2O6. The van der Waals surface area contributed by atoms with Crippen molar-refractivity contribution in [1.82, 2.24) is 9.55 Å². The highest BCUT2D eigenvalue weighted by Crippen LogP contribution is 2.57. The molecular weight excluding hydrogens is 292 g/mol. The van der Waals surface area contributed by atoms with Gasteiger partial charge in [0.15, 0.2) is 11.8 Å². The molecule has 1 aromatic heterocycles. The molecule has 2 bridgehead atoms. The van der Waals surface area contributed by atoms with E-state index in [1.165, 1.54) is 10.8 Å². The van der Waals surface area contributed by atoms with Gasteiger partial charge in [0.2, 0.25) is 0 Å². The first kappa shape index (κ1) is 14.1. The molecule has 3 heterocycles. The van der Waals surface area contributed by atoms with Crippen molar-refractivity contribution in [2.75, 3.05) is 6.61 Å². The van der Waals surface area contributed by atoms with E-state index >= 15 is 0 Å². The Kier molecular flexibility index (Phi) is 2.75. The van der Waals surface area contributed by atoms with Gasteiger partial charge in [0.1, 0.15) is 11.7 Å². The van der Waals surface area contributed by atoms with Gasteiger partial charge in [-0.25, -0.2) is 4.79 Å². The van der Waals surface area contributed by atoms with E-state index in [0.717, 1.165) is 0 Å². The van der Waals surface area contributed by atoms with Gasteiger partial charge in [-0.05, 0) is 26.2 Å². The molecule has 3 N–H and O–H groups in total. The second-order valence-corrected chi connectivity index (χ2v) is 6.44. The van der Waals surface area contributed by atoms with Crippen LogP contribution in [-0.2, 0) is 9.47 Å². The van der Waals surface area contributed by atoms with Gasteiger partial charge in [0, 0.05) is 11.8 Å². The Morgan fingerprint density at radius 3 is 2.95 bits per heavy atom. The van der Waals surface area contributed by atoms with Gasteiger partial charge < -0.3 is 19.7 Å². The minimum Gasteiger partial charge on any atom is -0.390 e. The number of aliphatic hydroxyl groups excluding tert-OH is 1. The molecule has 0 unspecified atom stereocenters. The largest absolute Gasteiger partial charge is 0.390 e. The summed E-state index contributed by atoms with van der Waals surface area (Å²) in [6.45, 7) is 1.68. The maximum absolute atomic E-state index is 12.1. The van der Waals surface area contributed by atoms with Crippen LogP contribution in [0.2, 0.25) is 0 Å². The topological polar surface area (TPSA) is 114 Å². The third kappa shape index (κ3) is 1.50. The summed E-state index contributed by atoms with van der Waals surface area (Å²) < 4.78 is 12.8. The number of hydrogen-bond donors (Lipinski definition) is 3. The number of aromatic nitrogens is 2. The van der Waals surface area contributed by atoms with E-state index in [2.05, 4.69) is 4.98 Å². The number of aromatic amines is 1. The van der Waals surface area contributed by atoms with E-state index in [0.29, 0.717) is 24.8 Å². The predicted octanol–water partition coefficient (Wildman–Crippen LogP) is -1.21. The van der Waals surface area contributed by atoms with E-state index in [9.17, 15) is 19.8 Å². The average molecular weight is 310 g/mol. The number of rotatable bonds is 1. The zero-order valence-electron chi connectivity index (χ0n) is 12.1. The van der Waals surface area contributed by atoms with Crippen molar-refractivity contribution < 1.29 is 19.7 Å². The number of nitrogens with zero attached hydrogens (tertiary/aromatic N) is 1. The number of H-pyrrole nitrogens is 1. The summed E-state index contributed by atoms with van der Waals surface area (Å²) in [6.07, 6.45) is 0.566. The lowest BCUT2D eigenvalue weighted by Gasteiger charge is -2.43. The predicted molar refractivity (Wildman–Crippen MR) is 73.5 cm³/mol. The Balaban J connectivity index is 1.83. The maximum atomic E-state index is 12.1. The first-order valence-electron chi connectivity index (χ1n) is 7.41. The van der Waals surface area contributed by atoms with Crippen LogP contribution in [0.5, 0.6) is 0 Å². The van der Waals surface area contributed by atoms with E-state index in [4.69, 9.17) is 9.47 Å². The maximum Gasteiger partial charge on any atom is 0.330 e. The van der Waals surface area contributed by atoms with Crippen LogP contribution in [0, 0.1) is 6.92 Å². The summed E-state index contributed by atoms with van der Waals surface area (Å²) in [5, 5.41) is 21.4. The fourth-order valence-electron chi connectivity index (χ4n) is 4.04. The Morgan fingerprint density at radius 2 is 2.23 bits per heavy atom. The van der Waals surface area contributed by atoms with Crippen molar-refractivity contribution in [3.63, 3.8) is 0 Å². The Labute approximate surface area is 125 Å². The summed E-state index contributed by atoms with van der Waals surface area (Å²) in [6, 6.07) is 0. The van der Waals surface area contributed by atoms with E-state index in [-0.39, 0.29) is 6.61 Å². The molecule has 120 valence electrons. The molecule has 2 aliphatic heterocycles. The van der Waals surface area contributed by atoms with Crippen LogP contribution in [0.3, 0.4) is 0 Å². The number of aliphatic hydroxyl groups is 2. The van der Waals surface area contributed by atoms with Crippen molar-refractivity contribution in [3.8, 4) is 0 Å². The summed E-state index contributed by atoms with van der Waals surface area (Å²) in [4.78, 5) is 25.8. The molecule has 0 radical (unpaired) electrons. The lowest BCUT2D eigenvalue weighted by Crippen LogP contribution is -2.61. The molecule has 2 saturated heterocycles. The van der Waals surface area contributed by atoms with Crippen LogP contribution in [0.15, 0.2) is 15.8 Å². The molecule has 8 heteroatoms. The lowest BCUT2D eigenvalue weighted by atomic mass is 9.71. The monoisotopic (exact) mass is 310 g/mol. The van der Waals surface area contributed by atoms with Gasteiger partial charge in [-0.1, -0.05) is 0 Å². The Hall–Kier alpha value is -1.48.